The van der Waals surface area contributed by atoms with Gasteiger partial charge < -0.3 is 0 Å². The minimum absolute atomic E-state index is 0.331. The van der Waals surface area contributed by atoms with Gasteiger partial charge in [0.1, 0.15) is 0 Å². The van der Waals surface area contributed by atoms with E-state index in [1.165, 1.54) is 4.46 Å². The van der Waals surface area contributed by atoms with Crippen molar-refractivity contribution < 1.29 is 9.90 Å². The Morgan fingerprint density at radius 3 is 2.32 bits per heavy atom. The van der Waals surface area contributed by atoms with Crippen molar-refractivity contribution in [3.05, 3.63) is 65.7 Å². The van der Waals surface area contributed by atoms with E-state index < -0.39 is 5.97 Å². The molecule has 0 atom stereocenters. The van der Waals surface area contributed by atoms with Crippen LogP contribution in [0.5, 0.6) is 0 Å². The molecule has 0 aliphatic carbocycles. The van der Waals surface area contributed by atoms with Crippen LogP contribution in [0.3, 0.4) is 0 Å². The first-order chi connectivity index (χ1) is 9.22. The molecule has 0 unspecified atom stereocenters. The van der Waals surface area contributed by atoms with Crippen molar-refractivity contribution in [1.29, 1.82) is 0 Å². The van der Waals surface area contributed by atoms with Crippen molar-refractivity contribution >= 4 is 37.0 Å². The first-order valence-electron chi connectivity index (χ1n) is 5.86. The Labute approximate surface area is 118 Å². The van der Waals surface area contributed by atoms with E-state index in [0.717, 1.165) is 11.1 Å². The summed E-state index contributed by atoms with van der Waals surface area (Å²) in [6.07, 6.45) is 1.76. The first-order valence-corrected chi connectivity index (χ1v) is 8.43. The Kier molecular flexibility index (Phi) is 4.56. The second-order valence-corrected chi connectivity index (χ2v) is 5.75. The number of hydrogen-bond donors (Lipinski definition) is 1. The minimum atomic E-state index is -0.899. The molecule has 0 radical (unpaired) electrons. The molecular formula is C16H14O2Se. The summed E-state index contributed by atoms with van der Waals surface area (Å²) in [5, 5.41) is 9.39. The summed E-state index contributed by atoms with van der Waals surface area (Å²) in [5.41, 5.74) is 2.05. The van der Waals surface area contributed by atoms with Gasteiger partial charge >= 0.3 is 118 Å². The van der Waals surface area contributed by atoms with E-state index in [0.29, 0.717) is 20.5 Å². The second kappa shape index (κ2) is 6.37. The summed E-state index contributed by atoms with van der Waals surface area (Å²) < 4.78 is 1.21. The topological polar surface area (TPSA) is 37.3 Å². The predicted octanol–water partition coefficient (Wildman–Crippen LogP) is 2.69. The van der Waals surface area contributed by atoms with E-state index in [1.807, 2.05) is 48.5 Å². The Morgan fingerprint density at radius 1 is 1.05 bits per heavy atom. The summed E-state index contributed by atoms with van der Waals surface area (Å²) in [6.45, 7) is 0. The molecule has 0 amide bonds. The molecule has 0 aliphatic rings. The Bertz CT molecular complexity index is 603. The van der Waals surface area contributed by atoms with Crippen molar-refractivity contribution in [2.75, 3.05) is 0 Å². The molecule has 0 spiro atoms. The van der Waals surface area contributed by atoms with E-state index in [-0.39, 0.29) is 0 Å². The van der Waals surface area contributed by atoms with Gasteiger partial charge in [-0.05, 0) is 0 Å². The summed E-state index contributed by atoms with van der Waals surface area (Å²) in [7, 11) is 0. The van der Waals surface area contributed by atoms with Crippen LogP contribution in [0.15, 0.2) is 54.6 Å². The summed E-state index contributed by atoms with van der Waals surface area (Å²) in [6, 6.07) is 17.2. The van der Waals surface area contributed by atoms with Gasteiger partial charge in [-0.2, -0.15) is 0 Å². The van der Waals surface area contributed by atoms with Crippen molar-refractivity contribution in [3.63, 3.8) is 0 Å². The van der Waals surface area contributed by atoms with Crippen LogP contribution in [0, 0.1) is 0 Å². The van der Waals surface area contributed by atoms with Crippen LogP contribution < -0.4 is 4.46 Å². The molecule has 2 nitrogen and oxygen atoms in total. The van der Waals surface area contributed by atoms with Gasteiger partial charge in [-0.25, -0.2) is 0 Å². The maximum absolute atomic E-state index is 11.4. The van der Waals surface area contributed by atoms with E-state index >= 15 is 0 Å². The molecule has 0 saturated carbocycles. The first kappa shape index (κ1) is 13.6. The SMILES string of the molecule is C[Se]c1ccccc1C=C(C(=O)O)c1ccccc1. The van der Waals surface area contributed by atoms with Crippen LogP contribution in [-0.4, -0.2) is 26.0 Å². The zero-order valence-electron chi connectivity index (χ0n) is 10.5. The van der Waals surface area contributed by atoms with Crippen molar-refractivity contribution in [3.8, 4) is 0 Å². The summed E-state index contributed by atoms with van der Waals surface area (Å²) in [4.78, 5) is 11.4. The molecule has 1 N–H and O–H groups in total. The number of rotatable bonds is 4. The second-order valence-electron chi connectivity index (χ2n) is 3.97. The molecule has 0 fully saturated rings. The fourth-order valence-electron chi connectivity index (χ4n) is 1.83. The Hall–Kier alpha value is -1.83. The van der Waals surface area contributed by atoms with Crippen LogP contribution in [0.25, 0.3) is 11.6 Å². The van der Waals surface area contributed by atoms with Gasteiger partial charge in [-0.1, -0.05) is 0 Å². The Balaban J connectivity index is 2.51. The number of carboxylic acid groups (broad SMARTS) is 1. The average Bonchev–Trinajstić information content (AvgIpc) is 2.45. The van der Waals surface area contributed by atoms with Gasteiger partial charge in [0, 0.05) is 0 Å². The van der Waals surface area contributed by atoms with Gasteiger partial charge in [-0.3, -0.25) is 0 Å². The van der Waals surface area contributed by atoms with Crippen LogP contribution in [-0.2, 0) is 4.79 Å². The standard InChI is InChI=1S/C16H14O2Se/c1-19-15-10-6-5-9-13(15)11-14(16(17)18)12-7-3-2-4-8-12/h2-11H,1H3,(H,17,18). The molecular weight excluding hydrogens is 303 g/mol. The van der Waals surface area contributed by atoms with Crippen LogP contribution in [0.2, 0.25) is 5.82 Å². The van der Waals surface area contributed by atoms with Gasteiger partial charge in [0.2, 0.25) is 0 Å². The quantitative estimate of drug-likeness (QED) is 0.535. The number of carbonyl (C=O) groups is 1. The predicted molar refractivity (Wildman–Crippen MR) is 79.6 cm³/mol. The van der Waals surface area contributed by atoms with E-state index in [9.17, 15) is 9.90 Å². The third-order valence-corrected chi connectivity index (χ3v) is 4.46. The molecule has 2 rings (SSSR count). The molecule has 19 heavy (non-hydrogen) atoms. The number of aliphatic carboxylic acids is 1. The molecule has 2 aromatic rings. The monoisotopic (exact) mass is 318 g/mol. The molecule has 3 heteroatoms. The molecule has 2 aromatic carbocycles. The molecule has 96 valence electrons. The maximum atomic E-state index is 11.4. The zero-order valence-corrected chi connectivity index (χ0v) is 12.3. The van der Waals surface area contributed by atoms with Gasteiger partial charge in [-0.15, -0.1) is 0 Å². The number of benzene rings is 2. The summed E-state index contributed by atoms with van der Waals surface area (Å²) in [5.74, 6) is 1.23. The third-order valence-electron chi connectivity index (χ3n) is 2.75. The third kappa shape index (κ3) is 3.34. The van der Waals surface area contributed by atoms with Gasteiger partial charge in [0.05, 0.1) is 0 Å². The van der Waals surface area contributed by atoms with Crippen molar-refractivity contribution in [2.24, 2.45) is 0 Å². The fraction of sp³-hybridized carbons (Fsp3) is 0.0625. The molecule has 0 saturated heterocycles. The van der Waals surface area contributed by atoms with Gasteiger partial charge in [0.15, 0.2) is 0 Å². The zero-order chi connectivity index (χ0) is 13.7. The molecule has 0 aliphatic heterocycles. The number of hydrogen-bond acceptors (Lipinski definition) is 1. The average molecular weight is 317 g/mol. The summed E-state index contributed by atoms with van der Waals surface area (Å²) >= 11 is 0.341. The van der Waals surface area contributed by atoms with E-state index in [2.05, 4.69) is 11.9 Å². The van der Waals surface area contributed by atoms with E-state index in [4.69, 9.17) is 0 Å². The molecule has 0 bridgehead atoms. The van der Waals surface area contributed by atoms with Crippen molar-refractivity contribution in [2.45, 2.75) is 5.82 Å². The van der Waals surface area contributed by atoms with Crippen LogP contribution in [0.4, 0.5) is 0 Å². The van der Waals surface area contributed by atoms with Crippen LogP contribution in [0.1, 0.15) is 11.1 Å². The molecule has 0 heterocycles. The van der Waals surface area contributed by atoms with Crippen molar-refractivity contribution in [1.82, 2.24) is 0 Å². The van der Waals surface area contributed by atoms with E-state index in [1.54, 1.807) is 6.08 Å². The van der Waals surface area contributed by atoms with Gasteiger partial charge in [0.25, 0.3) is 0 Å². The molecule has 0 aromatic heterocycles. The normalized spacial score (nSPS) is 11.3. The fourth-order valence-corrected chi connectivity index (χ4v) is 3.04. The van der Waals surface area contributed by atoms with Crippen LogP contribution >= 0.6 is 0 Å². The Morgan fingerprint density at radius 2 is 1.68 bits per heavy atom. The number of carboxylic acids is 1.